The highest BCUT2D eigenvalue weighted by molar-refractivity contribution is 5.20. The molecular weight excluding hydrogens is 72.0 g/mol. The highest BCUT2D eigenvalue weighted by Crippen LogP contribution is 1.56. The topological polar surface area (TPSA) is 55.5 Å². The van der Waals surface area contributed by atoms with Crippen LogP contribution in [0.3, 0.4) is 0 Å². The molecule has 5 heavy (non-hydrogen) atoms. The molecule has 0 saturated carbocycles. The van der Waals surface area contributed by atoms with Crippen LogP contribution in [-0.2, 0) is 0 Å². The lowest BCUT2D eigenvalue weighted by Crippen LogP contribution is -1.78. The van der Waals surface area contributed by atoms with Crippen molar-refractivity contribution in [1.29, 1.82) is 0 Å². The fourth-order valence-electron chi connectivity index (χ4n) is 0. The van der Waals surface area contributed by atoms with E-state index in [9.17, 15) is 0 Å². The van der Waals surface area contributed by atoms with Gasteiger partial charge in [0.2, 0.25) is 0 Å². The number of hydrogen-bond acceptors (Lipinski definition) is 2. The molecule has 0 aliphatic rings. The molecule has 0 amide bonds. The first kappa shape index (κ1) is 4.07. The minimum atomic E-state index is -0.972. The fraction of sp³-hybridized carbons (Fsp3) is 0. The number of hydrazone groups is 1. The van der Waals surface area contributed by atoms with Crippen molar-refractivity contribution >= 4 is 6.72 Å². The predicted molar refractivity (Wildman–Crippen MR) is 15.5 cm³/mol. The van der Waals surface area contributed by atoms with E-state index in [2.05, 4.69) is 11.8 Å². The second kappa shape index (κ2) is 1.40. The molecule has 0 spiro atoms. The van der Waals surface area contributed by atoms with E-state index in [4.69, 9.17) is 10.1 Å². The standard InChI is InChI=1S/CHN2O2/c1-2-3(4)5/h1H. The first-order chi connectivity index (χ1) is 2.27. The summed E-state index contributed by atoms with van der Waals surface area (Å²) in [6, 6.07) is 0. The molecule has 4 heteroatoms. The Labute approximate surface area is 28.3 Å². The Bertz CT molecular complexity index is 58.7. The summed E-state index contributed by atoms with van der Waals surface area (Å²) in [5.74, 6) is 0. The minimum absolute atomic E-state index is 0.972. The molecule has 0 aliphatic carbocycles. The highest BCUT2D eigenvalue weighted by atomic mass is 16.7. The summed E-state index contributed by atoms with van der Waals surface area (Å²) in [6.45, 7) is 4.10. The van der Waals surface area contributed by atoms with Gasteiger partial charge in [0, 0.05) is 0 Å². The fourth-order valence-corrected chi connectivity index (χ4v) is 0. The van der Waals surface area contributed by atoms with Crippen LogP contribution in [0, 0.1) is 10.1 Å². The summed E-state index contributed by atoms with van der Waals surface area (Å²) >= 11 is 0. The van der Waals surface area contributed by atoms with Crippen LogP contribution in [0.15, 0.2) is 5.10 Å². The van der Waals surface area contributed by atoms with Crippen molar-refractivity contribution in [2.45, 2.75) is 0 Å². The van der Waals surface area contributed by atoms with Crippen LogP contribution in [0.5, 0.6) is 0 Å². The second-order valence-corrected chi connectivity index (χ2v) is 0.353. The summed E-state index contributed by atoms with van der Waals surface area (Å²) in [4.78, 5) is 8.88. The van der Waals surface area contributed by atoms with E-state index in [1.807, 2.05) is 0 Å². The van der Waals surface area contributed by atoms with E-state index in [1.165, 1.54) is 0 Å². The molecule has 0 rings (SSSR count). The van der Waals surface area contributed by atoms with Crippen molar-refractivity contribution in [3.05, 3.63) is 10.1 Å². The summed E-state index contributed by atoms with van der Waals surface area (Å²) in [5.41, 5.74) is 0. The van der Waals surface area contributed by atoms with Gasteiger partial charge in [0.05, 0.1) is 5.10 Å². The van der Waals surface area contributed by atoms with E-state index in [0.29, 0.717) is 0 Å². The van der Waals surface area contributed by atoms with Crippen molar-refractivity contribution in [1.82, 2.24) is 0 Å². The van der Waals surface area contributed by atoms with Crippen molar-refractivity contribution in [3.8, 4) is 0 Å². The van der Waals surface area contributed by atoms with Crippen LogP contribution in [-0.4, -0.2) is 11.7 Å². The third kappa shape index (κ3) is 3.07. The molecule has 0 aromatic heterocycles. The van der Waals surface area contributed by atoms with Gasteiger partial charge >= 0.3 is 0 Å². The Morgan fingerprint density at radius 3 is 2.20 bits per heavy atom. The van der Waals surface area contributed by atoms with Crippen LogP contribution in [0.4, 0.5) is 0 Å². The van der Waals surface area contributed by atoms with E-state index < -0.39 is 5.03 Å². The average Bonchev–Trinajstić information content (AvgIpc) is 1.38. The monoisotopic (exact) mass is 73.0 g/mol. The molecule has 1 radical (unpaired) electrons. The summed E-state index contributed by atoms with van der Waals surface area (Å²) in [7, 11) is 0. The summed E-state index contributed by atoms with van der Waals surface area (Å²) in [5, 5.41) is 10.0. The van der Waals surface area contributed by atoms with E-state index in [-0.39, 0.29) is 0 Å². The van der Waals surface area contributed by atoms with E-state index in [1.54, 1.807) is 0 Å². The Morgan fingerprint density at radius 2 is 2.20 bits per heavy atom. The lowest BCUT2D eigenvalue weighted by atomic mass is 11.7. The van der Waals surface area contributed by atoms with Gasteiger partial charge < -0.3 is 0 Å². The van der Waals surface area contributed by atoms with Gasteiger partial charge in [0.25, 0.3) is 0 Å². The van der Waals surface area contributed by atoms with Gasteiger partial charge in [-0.2, -0.15) is 0 Å². The zero-order valence-electron chi connectivity index (χ0n) is 2.29. The van der Waals surface area contributed by atoms with Gasteiger partial charge in [-0.25, -0.2) is 10.1 Å². The predicted octanol–water partition coefficient (Wildman–Crippen LogP) is -0.244. The third-order valence-corrected chi connectivity index (χ3v) is 0.0943. The maximum atomic E-state index is 8.88. The van der Waals surface area contributed by atoms with Gasteiger partial charge in [-0.1, -0.05) is 0 Å². The van der Waals surface area contributed by atoms with Crippen LogP contribution in [0.2, 0.25) is 0 Å². The van der Waals surface area contributed by atoms with Crippen molar-refractivity contribution in [2.75, 3.05) is 0 Å². The summed E-state index contributed by atoms with van der Waals surface area (Å²) in [6.07, 6.45) is 0. The molecule has 0 fully saturated rings. The number of hydrogen-bond donors (Lipinski definition) is 0. The lowest BCUT2D eigenvalue weighted by Gasteiger charge is -1.61. The van der Waals surface area contributed by atoms with Crippen LogP contribution < -0.4 is 0 Å². The molecule has 4 nitrogen and oxygen atoms in total. The Morgan fingerprint density at radius 1 is 2.00 bits per heavy atom. The van der Waals surface area contributed by atoms with Gasteiger partial charge in [0.1, 0.15) is 6.72 Å². The quantitative estimate of drug-likeness (QED) is 0.244. The van der Waals surface area contributed by atoms with Crippen LogP contribution in [0.1, 0.15) is 0 Å². The smallest absolute Gasteiger partial charge is 0.190 e. The van der Waals surface area contributed by atoms with Crippen molar-refractivity contribution < 1.29 is 5.03 Å². The molecule has 0 unspecified atom stereocenters. The second-order valence-electron chi connectivity index (χ2n) is 0.353. The first-order valence-corrected chi connectivity index (χ1v) is 0.823. The van der Waals surface area contributed by atoms with E-state index >= 15 is 0 Å². The third-order valence-electron chi connectivity index (χ3n) is 0.0943. The Kier molecular flexibility index (Phi) is 1.14. The van der Waals surface area contributed by atoms with Crippen molar-refractivity contribution in [3.63, 3.8) is 0 Å². The van der Waals surface area contributed by atoms with Crippen molar-refractivity contribution in [2.24, 2.45) is 5.10 Å². The van der Waals surface area contributed by atoms with E-state index in [0.717, 1.165) is 0 Å². The molecule has 0 atom stereocenters. The molecular formula is CHN2O2. The molecule has 0 N–H and O–H groups in total. The summed E-state index contributed by atoms with van der Waals surface area (Å²) < 4.78 is 0. The molecule has 27 valence electrons. The maximum absolute atomic E-state index is 8.88. The largest absolute Gasteiger partial charge is 0.233 e. The zero-order valence-corrected chi connectivity index (χ0v) is 2.29. The molecule has 0 bridgehead atoms. The van der Waals surface area contributed by atoms with Gasteiger partial charge in [-0.05, 0) is 0 Å². The molecule has 0 aliphatic heterocycles. The van der Waals surface area contributed by atoms with Gasteiger partial charge in [-0.3, -0.25) is 0 Å². The zero-order chi connectivity index (χ0) is 4.28. The van der Waals surface area contributed by atoms with Crippen LogP contribution in [0.25, 0.3) is 0 Å². The van der Waals surface area contributed by atoms with Crippen LogP contribution >= 0.6 is 0 Å². The number of nitrogens with zero attached hydrogens (tertiary/aromatic N) is 2. The Hall–Kier alpha value is -0.930. The maximum Gasteiger partial charge on any atom is 0.190 e. The van der Waals surface area contributed by atoms with Gasteiger partial charge in [0.15, 0.2) is 5.03 Å². The first-order valence-electron chi connectivity index (χ1n) is 0.823. The lowest BCUT2D eigenvalue weighted by molar-refractivity contribution is -0.483. The minimum Gasteiger partial charge on any atom is -0.233 e. The molecule has 0 saturated heterocycles. The number of nitro groups is 1. The number of rotatable bonds is 1. The normalized spacial score (nSPS) is 6.40. The Balaban J connectivity index is 3.20. The average molecular weight is 73.0 g/mol. The molecule has 0 heterocycles. The SMILES string of the molecule is [CH]=N[N+](=O)[O-]. The highest BCUT2D eigenvalue weighted by Gasteiger charge is 1.71. The molecule has 0 aromatic carbocycles. The van der Waals surface area contributed by atoms with Gasteiger partial charge in [-0.15, -0.1) is 0 Å². The molecule has 0 aromatic rings.